The van der Waals surface area contributed by atoms with E-state index in [-0.39, 0.29) is 16.7 Å². The maximum absolute atomic E-state index is 12.2. The van der Waals surface area contributed by atoms with Crippen LogP contribution in [0, 0.1) is 0 Å². The van der Waals surface area contributed by atoms with Gasteiger partial charge >= 0.3 is 12.6 Å². The summed E-state index contributed by atoms with van der Waals surface area (Å²) in [5.74, 6) is -1.64. The summed E-state index contributed by atoms with van der Waals surface area (Å²) in [6, 6.07) is 4.86. The van der Waals surface area contributed by atoms with Gasteiger partial charge < -0.3 is 14.8 Å². The van der Waals surface area contributed by atoms with Crippen molar-refractivity contribution in [3.05, 3.63) is 40.2 Å². The number of ether oxygens (including phenoxy) is 1. The fourth-order valence-electron chi connectivity index (χ4n) is 1.55. The van der Waals surface area contributed by atoms with E-state index in [1.807, 2.05) is 0 Å². The van der Waals surface area contributed by atoms with Gasteiger partial charge in [0, 0.05) is 11.5 Å². The van der Waals surface area contributed by atoms with Crippen LogP contribution in [0.25, 0.3) is 10.9 Å². The third-order valence-corrected chi connectivity index (χ3v) is 2.27. The summed E-state index contributed by atoms with van der Waals surface area (Å²) < 4.78 is 28.6. The van der Waals surface area contributed by atoms with E-state index in [0.717, 1.165) is 6.07 Å². The number of aromatic amines is 1. The zero-order valence-electron chi connectivity index (χ0n) is 8.81. The molecule has 1 aromatic carbocycles. The van der Waals surface area contributed by atoms with Gasteiger partial charge in [0.2, 0.25) is 0 Å². The molecule has 1 aromatic heterocycles. The molecule has 5 nitrogen and oxygen atoms in total. The largest absolute Gasteiger partial charge is 0.477 e. The molecule has 2 N–H and O–H groups in total. The van der Waals surface area contributed by atoms with Crippen molar-refractivity contribution in [3.63, 3.8) is 0 Å². The number of nitrogens with one attached hydrogen (secondary N) is 1. The predicted molar refractivity (Wildman–Crippen MR) is 58.2 cm³/mol. The molecular weight excluding hydrogens is 248 g/mol. The Kier molecular flexibility index (Phi) is 2.97. The molecule has 0 unspecified atom stereocenters. The van der Waals surface area contributed by atoms with Gasteiger partial charge in [0.1, 0.15) is 11.4 Å². The van der Waals surface area contributed by atoms with E-state index in [9.17, 15) is 18.4 Å². The van der Waals surface area contributed by atoms with Crippen molar-refractivity contribution in [1.29, 1.82) is 0 Å². The lowest BCUT2D eigenvalue weighted by atomic mass is 10.2. The Balaban J connectivity index is 2.73. The molecule has 0 bridgehead atoms. The number of carboxylic acids is 1. The number of aromatic carboxylic acids is 1. The van der Waals surface area contributed by atoms with E-state index in [4.69, 9.17) is 5.11 Å². The molecule has 0 saturated heterocycles. The molecular formula is C11H7F2NO4. The fraction of sp³-hybridized carbons (Fsp3) is 0.0909. The van der Waals surface area contributed by atoms with E-state index in [0.29, 0.717) is 0 Å². The van der Waals surface area contributed by atoms with E-state index in [1.54, 1.807) is 0 Å². The van der Waals surface area contributed by atoms with Gasteiger partial charge in [-0.1, -0.05) is 6.07 Å². The first-order valence-corrected chi connectivity index (χ1v) is 4.83. The second-order valence-electron chi connectivity index (χ2n) is 3.41. The summed E-state index contributed by atoms with van der Waals surface area (Å²) >= 11 is 0. The molecule has 7 heteroatoms. The quantitative estimate of drug-likeness (QED) is 0.876. The summed E-state index contributed by atoms with van der Waals surface area (Å²) in [5, 5.41) is 8.86. The zero-order valence-corrected chi connectivity index (χ0v) is 8.81. The lowest BCUT2D eigenvalue weighted by Gasteiger charge is -2.08. The molecule has 2 rings (SSSR count). The average Bonchev–Trinajstić information content (AvgIpc) is 2.29. The van der Waals surface area contributed by atoms with Crippen LogP contribution in [-0.4, -0.2) is 22.7 Å². The number of hydrogen-bond donors (Lipinski definition) is 2. The highest BCUT2D eigenvalue weighted by Gasteiger charge is 2.13. The van der Waals surface area contributed by atoms with Crippen LogP contribution in [0.2, 0.25) is 0 Å². The minimum absolute atomic E-state index is 0.0669. The second kappa shape index (κ2) is 4.44. The molecule has 0 aliphatic heterocycles. The van der Waals surface area contributed by atoms with Crippen LogP contribution >= 0.6 is 0 Å². The highest BCUT2D eigenvalue weighted by Crippen LogP contribution is 2.23. The normalized spacial score (nSPS) is 10.8. The Morgan fingerprint density at radius 3 is 2.72 bits per heavy atom. The molecule has 0 saturated carbocycles. The lowest BCUT2D eigenvalue weighted by molar-refractivity contribution is -0.0489. The van der Waals surface area contributed by atoms with Crippen LogP contribution in [0.1, 0.15) is 10.5 Å². The number of benzene rings is 1. The van der Waals surface area contributed by atoms with Crippen molar-refractivity contribution in [2.45, 2.75) is 6.61 Å². The number of alkyl halides is 2. The molecule has 0 aliphatic carbocycles. The first-order valence-electron chi connectivity index (χ1n) is 4.83. The Hall–Kier alpha value is -2.44. The molecule has 18 heavy (non-hydrogen) atoms. The molecule has 0 fully saturated rings. The summed E-state index contributed by atoms with van der Waals surface area (Å²) in [6.07, 6.45) is 0. The van der Waals surface area contributed by atoms with E-state index in [2.05, 4.69) is 9.72 Å². The number of rotatable bonds is 3. The third kappa shape index (κ3) is 2.15. The highest BCUT2D eigenvalue weighted by atomic mass is 19.3. The standard InChI is InChI=1S/C11H7F2NO4/c12-11(13)18-8-3-1-2-5-7(15)4-6(10(16)17)14-9(5)8/h1-4,11H,(H,14,15)(H,16,17). The summed E-state index contributed by atoms with van der Waals surface area (Å²) in [6.45, 7) is -3.06. The number of para-hydroxylation sites is 1. The van der Waals surface area contributed by atoms with Crippen molar-refractivity contribution in [2.24, 2.45) is 0 Å². The third-order valence-electron chi connectivity index (χ3n) is 2.27. The van der Waals surface area contributed by atoms with Crippen LogP contribution < -0.4 is 10.2 Å². The second-order valence-corrected chi connectivity index (χ2v) is 3.41. The number of aromatic nitrogens is 1. The summed E-state index contributed by atoms with van der Waals surface area (Å²) in [5.41, 5.74) is -1.04. The van der Waals surface area contributed by atoms with Gasteiger partial charge in [0.25, 0.3) is 0 Å². The molecule has 94 valence electrons. The van der Waals surface area contributed by atoms with Crippen molar-refractivity contribution < 1.29 is 23.4 Å². The number of pyridine rings is 1. The molecule has 2 aromatic rings. The minimum Gasteiger partial charge on any atom is -0.477 e. The topological polar surface area (TPSA) is 79.4 Å². The number of halogens is 2. The number of carbonyl (C=O) groups is 1. The molecule has 0 amide bonds. The monoisotopic (exact) mass is 255 g/mol. The molecule has 0 spiro atoms. The first-order chi connectivity index (χ1) is 8.49. The fourth-order valence-corrected chi connectivity index (χ4v) is 1.55. The van der Waals surface area contributed by atoms with Gasteiger partial charge in [-0.2, -0.15) is 8.78 Å². The molecule has 0 atom stereocenters. The maximum atomic E-state index is 12.2. The van der Waals surface area contributed by atoms with Crippen LogP contribution in [0.3, 0.4) is 0 Å². The van der Waals surface area contributed by atoms with E-state index >= 15 is 0 Å². The number of H-pyrrole nitrogens is 1. The van der Waals surface area contributed by atoms with Crippen LogP contribution in [0.4, 0.5) is 8.78 Å². The van der Waals surface area contributed by atoms with Crippen LogP contribution in [0.5, 0.6) is 5.75 Å². The van der Waals surface area contributed by atoms with Gasteiger partial charge in [-0.15, -0.1) is 0 Å². The summed E-state index contributed by atoms with van der Waals surface area (Å²) in [7, 11) is 0. The Morgan fingerprint density at radius 1 is 1.39 bits per heavy atom. The highest BCUT2D eigenvalue weighted by molar-refractivity contribution is 5.91. The Bertz CT molecular complexity index is 666. The van der Waals surface area contributed by atoms with Crippen molar-refractivity contribution in [2.75, 3.05) is 0 Å². The van der Waals surface area contributed by atoms with E-state index in [1.165, 1.54) is 18.2 Å². The average molecular weight is 255 g/mol. The minimum atomic E-state index is -3.06. The van der Waals surface area contributed by atoms with Gasteiger partial charge in [0.15, 0.2) is 5.43 Å². The van der Waals surface area contributed by atoms with Gasteiger partial charge in [-0.25, -0.2) is 4.79 Å². The van der Waals surface area contributed by atoms with Gasteiger partial charge in [-0.05, 0) is 12.1 Å². The van der Waals surface area contributed by atoms with Gasteiger partial charge in [0.05, 0.1) is 5.52 Å². The smallest absolute Gasteiger partial charge is 0.387 e. The number of hydrogen-bond acceptors (Lipinski definition) is 3. The summed E-state index contributed by atoms with van der Waals surface area (Å²) in [4.78, 5) is 24.8. The molecule has 0 radical (unpaired) electrons. The van der Waals surface area contributed by atoms with Crippen LogP contribution in [-0.2, 0) is 0 Å². The maximum Gasteiger partial charge on any atom is 0.387 e. The number of fused-ring (bicyclic) bond motifs is 1. The first kappa shape index (κ1) is 12.0. The lowest BCUT2D eigenvalue weighted by Crippen LogP contribution is -2.11. The SMILES string of the molecule is O=C(O)c1cc(=O)c2cccc(OC(F)F)c2[nH]1. The number of carboxylic acid groups (broad SMARTS) is 1. The Morgan fingerprint density at radius 2 is 2.11 bits per heavy atom. The van der Waals surface area contributed by atoms with Crippen molar-refractivity contribution >= 4 is 16.9 Å². The van der Waals surface area contributed by atoms with Crippen molar-refractivity contribution in [3.8, 4) is 5.75 Å². The predicted octanol–water partition coefficient (Wildman–Crippen LogP) is 1.83. The van der Waals surface area contributed by atoms with Crippen LogP contribution in [0.15, 0.2) is 29.1 Å². The van der Waals surface area contributed by atoms with E-state index < -0.39 is 23.7 Å². The molecule has 0 aliphatic rings. The van der Waals surface area contributed by atoms with Crippen molar-refractivity contribution in [1.82, 2.24) is 4.98 Å². The Labute approximate surface area is 98.6 Å². The zero-order chi connectivity index (χ0) is 13.3. The molecule has 1 heterocycles. The van der Waals surface area contributed by atoms with Gasteiger partial charge in [-0.3, -0.25) is 4.79 Å².